The average molecular weight is 294 g/mol. The largest absolute Gasteiger partial charge is 0.496 e. The second-order valence-electron chi connectivity index (χ2n) is 3.89. The Labute approximate surface area is 109 Å². The number of terminal acetylenes is 1. The van der Waals surface area contributed by atoms with Crippen molar-refractivity contribution in [1.29, 1.82) is 0 Å². The minimum Gasteiger partial charge on any atom is -0.496 e. The minimum atomic E-state index is 0.0170. The molecule has 1 heterocycles. The average Bonchev–Trinajstić information content (AvgIpc) is 2.70. The molecule has 3 nitrogen and oxygen atoms in total. The number of rotatable bonds is 2. The van der Waals surface area contributed by atoms with E-state index >= 15 is 0 Å². The quantitative estimate of drug-likeness (QED) is 0.784. The van der Waals surface area contributed by atoms with Crippen LogP contribution in [-0.4, -0.2) is 19.6 Å². The first kappa shape index (κ1) is 12.0. The van der Waals surface area contributed by atoms with Crippen LogP contribution in [0.2, 0.25) is 0 Å². The van der Waals surface area contributed by atoms with Gasteiger partial charge in [0.05, 0.1) is 11.6 Å². The number of halogens is 1. The van der Waals surface area contributed by atoms with E-state index in [2.05, 4.69) is 21.9 Å². The van der Waals surface area contributed by atoms with Crippen molar-refractivity contribution in [2.24, 2.45) is 5.92 Å². The molecule has 1 fully saturated rings. The van der Waals surface area contributed by atoms with Crippen molar-refractivity contribution in [3.8, 4) is 18.1 Å². The van der Waals surface area contributed by atoms with Gasteiger partial charge >= 0.3 is 0 Å². The SMILES string of the molecule is C#CC1CC(=O)N(c2ccc(OC)c(Br)c2)C1. The zero-order chi connectivity index (χ0) is 12.4. The Morgan fingerprint density at radius 1 is 1.59 bits per heavy atom. The van der Waals surface area contributed by atoms with Gasteiger partial charge in [-0.1, -0.05) is 0 Å². The fraction of sp³-hybridized carbons (Fsp3) is 0.308. The maximum atomic E-state index is 11.8. The number of hydrogen-bond acceptors (Lipinski definition) is 2. The van der Waals surface area contributed by atoms with E-state index in [1.807, 2.05) is 18.2 Å². The number of carbonyl (C=O) groups is 1. The Kier molecular flexibility index (Phi) is 3.39. The predicted octanol–water partition coefficient (Wildman–Crippen LogP) is 2.44. The van der Waals surface area contributed by atoms with Gasteiger partial charge in [0.2, 0.25) is 5.91 Å². The number of methoxy groups -OCH3 is 1. The van der Waals surface area contributed by atoms with Crippen LogP contribution in [-0.2, 0) is 4.79 Å². The lowest BCUT2D eigenvalue weighted by atomic mass is 10.1. The topological polar surface area (TPSA) is 29.5 Å². The lowest BCUT2D eigenvalue weighted by Gasteiger charge is -2.17. The third-order valence-electron chi connectivity index (χ3n) is 2.81. The highest BCUT2D eigenvalue weighted by Gasteiger charge is 2.29. The van der Waals surface area contributed by atoms with Crippen LogP contribution in [0, 0.1) is 18.3 Å². The molecule has 1 unspecified atom stereocenters. The smallest absolute Gasteiger partial charge is 0.228 e. The van der Waals surface area contributed by atoms with E-state index in [1.165, 1.54) is 0 Å². The molecule has 1 atom stereocenters. The zero-order valence-corrected chi connectivity index (χ0v) is 11.0. The summed E-state index contributed by atoms with van der Waals surface area (Å²) in [5, 5.41) is 0. The Balaban J connectivity index is 2.27. The molecule has 0 saturated carbocycles. The fourth-order valence-electron chi connectivity index (χ4n) is 1.89. The molecule has 1 amide bonds. The molecule has 17 heavy (non-hydrogen) atoms. The Hall–Kier alpha value is -1.47. The minimum absolute atomic E-state index is 0.0170. The summed E-state index contributed by atoms with van der Waals surface area (Å²) in [5.74, 6) is 3.47. The normalized spacial score (nSPS) is 19.2. The highest BCUT2D eigenvalue weighted by molar-refractivity contribution is 9.10. The lowest BCUT2D eigenvalue weighted by molar-refractivity contribution is -0.117. The van der Waals surface area contributed by atoms with Crippen LogP contribution >= 0.6 is 15.9 Å². The molecule has 88 valence electrons. The van der Waals surface area contributed by atoms with Crippen LogP contribution in [0.3, 0.4) is 0 Å². The van der Waals surface area contributed by atoms with Gasteiger partial charge in [-0.05, 0) is 34.1 Å². The van der Waals surface area contributed by atoms with Crippen molar-refractivity contribution in [3.63, 3.8) is 0 Å². The molecule has 0 spiro atoms. The molecule has 1 aromatic rings. The van der Waals surface area contributed by atoms with Crippen LogP contribution in [0.4, 0.5) is 5.69 Å². The molecule has 1 aromatic carbocycles. The molecule has 0 radical (unpaired) electrons. The van der Waals surface area contributed by atoms with E-state index in [0.29, 0.717) is 13.0 Å². The van der Waals surface area contributed by atoms with Crippen LogP contribution in [0.15, 0.2) is 22.7 Å². The van der Waals surface area contributed by atoms with Crippen LogP contribution in [0.1, 0.15) is 6.42 Å². The first-order valence-corrected chi connectivity index (χ1v) is 6.05. The van der Waals surface area contributed by atoms with Crippen molar-refractivity contribution in [2.45, 2.75) is 6.42 Å². The van der Waals surface area contributed by atoms with Gasteiger partial charge in [-0.2, -0.15) is 0 Å². The fourth-order valence-corrected chi connectivity index (χ4v) is 2.42. The van der Waals surface area contributed by atoms with Crippen molar-refractivity contribution in [3.05, 3.63) is 22.7 Å². The third-order valence-corrected chi connectivity index (χ3v) is 3.43. The van der Waals surface area contributed by atoms with Gasteiger partial charge in [-0.25, -0.2) is 0 Å². The summed E-state index contributed by atoms with van der Waals surface area (Å²) < 4.78 is 5.98. The van der Waals surface area contributed by atoms with Crippen LogP contribution in [0.25, 0.3) is 0 Å². The molecule has 0 aromatic heterocycles. The summed E-state index contributed by atoms with van der Waals surface area (Å²) in [5.41, 5.74) is 0.848. The maximum absolute atomic E-state index is 11.8. The number of carbonyl (C=O) groups excluding carboxylic acids is 1. The molecule has 1 aliphatic heterocycles. The molecule has 0 N–H and O–H groups in total. The first-order valence-electron chi connectivity index (χ1n) is 5.25. The summed E-state index contributed by atoms with van der Waals surface area (Å²) in [6.45, 7) is 0.591. The molecule has 0 aliphatic carbocycles. The van der Waals surface area contributed by atoms with Gasteiger partial charge < -0.3 is 9.64 Å². The van der Waals surface area contributed by atoms with Gasteiger partial charge in [-0.15, -0.1) is 12.3 Å². The molecule has 4 heteroatoms. The van der Waals surface area contributed by atoms with Crippen molar-refractivity contribution in [1.82, 2.24) is 0 Å². The summed E-state index contributed by atoms with van der Waals surface area (Å²) in [6, 6.07) is 5.56. The predicted molar refractivity (Wildman–Crippen MR) is 70.0 cm³/mol. The van der Waals surface area contributed by atoms with E-state index in [0.717, 1.165) is 15.9 Å². The van der Waals surface area contributed by atoms with Crippen molar-refractivity contribution < 1.29 is 9.53 Å². The monoisotopic (exact) mass is 293 g/mol. The maximum Gasteiger partial charge on any atom is 0.228 e. The van der Waals surface area contributed by atoms with E-state index in [9.17, 15) is 4.79 Å². The third kappa shape index (κ3) is 2.29. The Morgan fingerprint density at radius 3 is 2.88 bits per heavy atom. The Bertz CT molecular complexity index is 493. The number of hydrogen-bond donors (Lipinski definition) is 0. The molecular formula is C13H12BrNO2. The standard InChI is InChI=1S/C13H12BrNO2/c1-3-9-6-13(16)15(8-9)10-4-5-12(17-2)11(14)7-10/h1,4-5,7,9H,6,8H2,2H3. The second kappa shape index (κ2) is 4.80. The van der Waals surface area contributed by atoms with Gasteiger partial charge in [-0.3, -0.25) is 4.79 Å². The summed E-state index contributed by atoms with van der Waals surface area (Å²) >= 11 is 3.40. The highest BCUT2D eigenvalue weighted by atomic mass is 79.9. The number of ether oxygens (including phenoxy) is 1. The highest BCUT2D eigenvalue weighted by Crippen LogP contribution is 2.32. The second-order valence-corrected chi connectivity index (χ2v) is 4.75. The van der Waals surface area contributed by atoms with Crippen LogP contribution in [0.5, 0.6) is 5.75 Å². The molecule has 1 aliphatic rings. The van der Waals surface area contributed by atoms with Crippen LogP contribution < -0.4 is 9.64 Å². The summed E-state index contributed by atoms with van der Waals surface area (Å²) in [4.78, 5) is 13.5. The molecular weight excluding hydrogens is 282 g/mol. The number of anilines is 1. The summed E-state index contributed by atoms with van der Waals surface area (Å²) in [6.07, 6.45) is 5.78. The molecule has 1 saturated heterocycles. The molecule has 0 bridgehead atoms. The Morgan fingerprint density at radius 2 is 2.35 bits per heavy atom. The number of amides is 1. The summed E-state index contributed by atoms with van der Waals surface area (Å²) in [7, 11) is 1.61. The van der Waals surface area contributed by atoms with Gasteiger partial charge in [0, 0.05) is 24.6 Å². The molecule has 2 rings (SSSR count). The first-order chi connectivity index (χ1) is 8.15. The van der Waals surface area contributed by atoms with E-state index in [1.54, 1.807) is 12.0 Å². The number of benzene rings is 1. The van der Waals surface area contributed by atoms with Gasteiger partial charge in [0.1, 0.15) is 5.75 Å². The van der Waals surface area contributed by atoms with E-state index in [-0.39, 0.29) is 11.8 Å². The van der Waals surface area contributed by atoms with E-state index in [4.69, 9.17) is 11.2 Å². The van der Waals surface area contributed by atoms with Crippen molar-refractivity contribution in [2.75, 3.05) is 18.6 Å². The van der Waals surface area contributed by atoms with Gasteiger partial charge in [0.25, 0.3) is 0 Å². The zero-order valence-electron chi connectivity index (χ0n) is 9.44. The van der Waals surface area contributed by atoms with Crippen molar-refractivity contribution >= 4 is 27.5 Å². The van der Waals surface area contributed by atoms with Gasteiger partial charge in [0.15, 0.2) is 0 Å². The lowest BCUT2D eigenvalue weighted by Crippen LogP contribution is -2.24. The number of nitrogens with zero attached hydrogens (tertiary/aromatic N) is 1. The van der Waals surface area contributed by atoms with E-state index < -0.39 is 0 Å².